The van der Waals surface area contributed by atoms with E-state index in [0.717, 1.165) is 61.7 Å². The van der Waals surface area contributed by atoms with Crippen LogP contribution in [0.3, 0.4) is 0 Å². The molecule has 1 aliphatic heterocycles. The van der Waals surface area contributed by atoms with Gasteiger partial charge < -0.3 is 15.0 Å². The van der Waals surface area contributed by atoms with E-state index in [4.69, 9.17) is 9.84 Å². The van der Waals surface area contributed by atoms with Gasteiger partial charge in [-0.3, -0.25) is 4.90 Å². The molecule has 0 radical (unpaired) electrons. The molecule has 0 unspecified atom stereocenters. The second-order valence-corrected chi connectivity index (χ2v) is 8.88. The fourth-order valence-electron chi connectivity index (χ4n) is 4.64. The van der Waals surface area contributed by atoms with Crippen LogP contribution in [0.15, 0.2) is 67.3 Å². The molecule has 1 saturated carbocycles. The van der Waals surface area contributed by atoms with Gasteiger partial charge in [0.1, 0.15) is 11.4 Å². The molecule has 0 bridgehead atoms. The lowest BCUT2D eigenvalue weighted by Gasteiger charge is -2.27. The summed E-state index contributed by atoms with van der Waals surface area (Å²) in [6, 6.07) is 17.8. The molecule has 3 aromatic rings. The van der Waals surface area contributed by atoms with Crippen molar-refractivity contribution in [2.24, 2.45) is 0 Å². The first-order valence-corrected chi connectivity index (χ1v) is 11.9. The Labute approximate surface area is 200 Å². The predicted molar refractivity (Wildman–Crippen MR) is 133 cm³/mol. The zero-order chi connectivity index (χ0) is 23.5. The van der Waals surface area contributed by atoms with Gasteiger partial charge in [-0.05, 0) is 37.1 Å². The Morgan fingerprint density at radius 3 is 2.71 bits per heavy atom. The number of rotatable bonds is 8. The summed E-state index contributed by atoms with van der Waals surface area (Å²) >= 11 is 0. The Morgan fingerprint density at radius 1 is 1.21 bits per heavy atom. The summed E-state index contributed by atoms with van der Waals surface area (Å²) in [5.74, 6) is 0.786. The number of para-hydroxylation sites is 3. The molecule has 2 amide bonds. The van der Waals surface area contributed by atoms with Gasteiger partial charge in [-0.15, -0.1) is 6.58 Å². The minimum atomic E-state index is -0.0759. The number of amides is 2. The smallest absolute Gasteiger partial charge is 0.322 e. The topological polar surface area (TPSA) is 62.6 Å². The van der Waals surface area contributed by atoms with E-state index in [9.17, 15) is 4.79 Å². The zero-order valence-corrected chi connectivity index (χ0v) is 19.6. The van der Waals surface area contributed by atoms with E-state index in [-0.39, 0.29) is 12.1 Å². The van der Waals surface area contributed by atoms with E-state index >= 15 is 0 Å². The minimum absolute atomic E-state index is 0.0759. The molecule has 1 fully saturated rings. The maximum absolute atomic E-state index is 13.2. The van der Waals surface area contributed by atoms with E-state index in [2.05, 4.69) is 16.8 Å². The van der Waals surface area contributed by atoms with E-state index in [1.807, 2.05) is 70.3 Å². The largest absolute Gasteiger partial charge is 0.494 e. The van der Waals surface area contributed by atoms with Crippen LogP contribution in [0, 0.1) is 0 Å². The van der Waals surface area contributed by atoms with Crippen LogP contribution in [0.2, 0.25) is 0 Å². The van der Waals surface area contributed by atoms with Crippen LogP contribution in [0.5, 0.6) is 5.75 Å². The monoisotopic (exact) mass is 457 g/mol. The quantitative estimate of drug-likeness (QED) is 0.502. The van der Waals surface area contributed by atoms with Crippen LogP contribution < -0.4 is 10.1 Å². The second-order valence-electron chi connectivity index (χ2n) is 8.88. The first-order chi connectivity index (χ1) is 16.7. The molecule has 2 heterocycles. The van der Waals surface area contributed by atoms with Crippen molar-refractivity contribution in [3.63, 3.8) is 0 Å². The molecule has 0 atom stereocenters. The van der Waals surface area contributed by atoms with Crippen LogP contribution in [0.25, 0.3) is 5.69 Å². The van der Waals surface area contributed by atoms with Gasteiger partial charge in [0.2, 0.25) is 0 Å². The van der Waals surface area contributed by atoms with Crippen molar-refractivity contribution in [3.05, 3.63) is 84.2 Å². The van der Waals surface area contributed by atoms with E-state index in [1.165, 1.54) is 11.3 Å². The van der Waals surface area contributed by atoms with Crippen LogP contribution in [-0.2, 0) is 19.5 Å². The molecule has 2 aromatic carbocycles. The number of nitrogens with one attached hydrogen (secondary N) is 1. The molecule has 1 N–H and O–H groups in total. The van der Waals surface area contributed by atoms with Crippen LogP contribution in [0.4, 0.5) is 10.5 Å². The Hall–Kier alpha value is -3.58. The van der Waals surface area contributed by atoms with Gasteiger partial charge in [-0.25, -0.2) is 9.48 Å². The maximum atomic E-state index is 13.2. The van der Waals surface area contributed by atoms with Gasteiger partial charge in [0.05, 0.1) is 25.0 Å². The number of benzene rings is 2. The number of ether oxygens (including phenoxy) is 1. The summed E-state index contributed by atoms with van der Waals surface area (Å²) in [7, 11) is 1.68. The number of aromatic nitrogens is 2. The van der Waals surface area contributed by atoms with Gasteiger partial charge in [0.25, 0.3) is 0 Å². The Bertz CT molecular complexity index is 1170. The molecule has 7 heteroatoms. The molecular weight excluding hydrogens is 426 g/mol. The molecule has 176 valence electrons. The summed E-state index contributed by atoms with van der Waals surface area (Å²) in [5.41, 5.74) is 5.08. The third-order valence-electron chi connectivity index (χ3n) is 6.51. The standard InChI is InChI=1S/C27H31N5O2/c1-3-16-30-17-15-24-22(18-30)23(29-32(24)25-11-7-8-12-26(25)34-2)19-31(21-13-14-21)27(33)28-20-9-5-4-6-10-20/h3-12,21H,1,13-19H2,2H3,(H,28,33). The molecule has 34 heavy (non-hydrogen) atoms. The molecule has 1 aromatic heterocycles. The number of anilines is 1. The first-order valence-electron chi connectivity index (χ1n) is 11.9. The second kappa shape index (κ2) is 9.73. The molecular formula is C27H31N5O2. The number of hydrogen-bond donors (Lipinski definition) is 1. The third-order valence-corrected chi connectivity index (χ3v) is 6.51. The molecule has 0 spiro atoms. The molecule has 2 aliphatic rings. The van der Waals surface area contributed by atoms with Gasteiger partial charge in [0.15, 0.2) is 0 Å². The van der Waals surface area contributed by atoms with Crippen LogP contribution in [-0.4, -0.2) is 51.9 Å². The highest BCUT2D eigenvalue weighted by atomic mass is 16.5. The Balaban J connectivity index is 1.49. The van der Waals surface area contributed by atoms with Crippen LogP contribution >= 0.6 is 0 Å². The number of hydrogen-bond acceptors (Lipinski definition) is 4. The number of urea groups is 1. The molecule has 1 aliphatic carbocycles. The Morgan fingerprint density at radius 2 is 1.97 bits per heavy atom. The minimum Gasteiger partial charge on any atom is -0.494 e. The zero-order valence-electron chi connectivity index (χ0n) is 19.6. The summed E-state index contributed by atoms with van der Waals surface area (Å²) in [4.78, 5) is 17.6. The fraction of sp³-hybridized carbons (Fsp3) is 0.333. The first kappa shape index (κ1) is 22.2. The fourth-order valence-corrected chi connectivity index (χ4v) is 4.64. The number of nitrogens with zero attached hydrogens (tertiary/aromatic N) is 4. The number of carbonyl (C=O) groups excluding carboxylic acids is 1. The van der Waals surface area contributed by atoms with Crippen molar-refractivity contribution in [1.29, 1.82) is 0 Å². The summed E-state index contributed by atoms with van der Waals surface area (Å²) in [5, 5.41) is 8.13. The Kier molecular flexibility index (Phi) is 6.36. The molecule has 5 rings (SSSR count). The highest BCUT2D eigenvalue weighted by Crippen LogP contribution is 2.33. The predicted octanol–water partition coefficient (Wildman–Crippen LogP) is 4.62. The van der Waals surface area contributed by atoms with Crippen molar-refractivity contribution < 1.29 is 9.53 Å². The lowest BCUT2D eigenvalue weighted by Crippen LogP contribution is -2.37. The number of carbonyl (C=O) groups is 1. The lowest BCUT2D eigenvalue weighted by molar-refractivity contribution is 0.204. The highest BCUT2D eigenvalue weighted by molar-refractivity contribution is 5.89. The van der Waals surface area contributed by atoms with Gasteiger partial charge in [-0.2, -0.15) is 5.10 Å². The van der Waals surface area contributed by atoms with E-state index in [1.54, 1.807) is 7.11 Å². The van der Waals surface area contributed by atoms with Crippen molar-refractivity contribution >= 4 is 11.7 Å². The van der Waals surface area contributed by atoms with Gasteiger partial charge >= 0.3 is 6.03 Å². The average Bonchev–Trinajstić information content (AvgIpc) is 3.65. The van der Waals surface area contributed by atoms with E-state index < -0.39 is 0 Å². The molecule has 7 nitrogen and oxygen atoms in total. The summed E-state index contributed by atoms with van der Waals surface area (Å²) < 4.78 is 7.66. The summed E-state index contributed by atoms with van der Waals surface area (Å²) in [6.07, 6.45) is 4.88. The van der Waals surface area contributed by atoms with Crippen molar-refractivity contribution in [3.8, 4) is 11.4 Å². The lowest BCUT2D eigenvalue weighted by atomic mass is 10.0. The average molecular weight is 458 g/mol. The van der Waals surface area contributed by atoms with Gasteiger partial charge in [0, 0.05) is 43.3 Å². The number of fused-ring (bicyclic) bond motifs is 1. The van der Waals surface area contributed by atoms with Crippen molar-refractivity contribution in [2.45, 2.75) is 38.4 Å². The van der Waals surface area contributed by atoms with E-state index in [0.29, 0.717) is 6.54 Å². The van der Waals surface area contributed by atoms with Gasteiger partial charge in [-0.1, -0.05) is 36.4 Å². The normalized spacial score (nSPS) is 15.4. The highest BCUT2D eigenvalue weighted by Gasteiger charge is 2.35. The molecule has 0 saturated heterocycles. The maximum Gasteiger partial charge on any atom is 0.322 e. The van der Waals surface area contributed by atoms with Crippen molar-refractivity contribution in [2.75, 3.05) is 25.5 Å². The van der Waals surface area contributed by atoms with Crippen molar-refractivity contribution in [1.82, 2.24) is 19.6 Å². The number of methoxy groups -OCH3 is 1. The SMILES string of the molecule is C=CCN1CCc2c(c(CN(C(=O)Nc3ccccc3)C3CC3)nn2-c2ccccc2OC)C1. The third kappa shape index (κ3) is 4.56. The van der Waals surface area contributed by atoms with Crippen LogP contribution in [0.1, 0.15) is 29.8 Å². The summed E-state index contributed by atoms with van der Waals surface area (Å²) in [6.45, 7) is 6.97.